The van der Waals surface area contributed by atoms with Gasteiger partial charge in [0.05, 0.1) is 0 Å². The maximum absolute atomic E-state index is 4.30. The minimum Gasteiger partial charge on any atom is -0.316 e. The smallest absolute Gasteiger partial charge is 0.134 e. The third kappa shape index (κ3) is 3.56. The Labute approximate surface area is 117 Å². The Bertz CT molecular complexity index is 387. The Morgan fingerprint density at radius 2 is 1.89 bits per heavy atom. The van der Waals surface area contributed by atoms with Crippen LogP contribution in [-0.2, 0) is 19.4 Å². The zero-order valence-electron chi connectivity index (χ0n) is 12.8. The van der Waals surface area contributed by atoms with Crippen LogP contribution < -0.4 is 5.32 Å². The summed E-state index contributed by atoms with van der Waals surface area (Å²) in [5, 5.41) is 12.1. The highest BCUT2D eigenvalue weighted by molar-refractivity contribution is 5.00. The topological polar surface area (TPSA) is 42.7 Å². The third-order valence-electron chi connectivity index (χ3n) is 4.30. The average molecular weight is 264 g/mol. The minimum absolute atomic E-state index is 0.741. The van der Waals surface area contributed by atoms with Crippen LogP contribution in [0.3, 0.4) is 0 Å². The first-order valence-electron chi connectivity index (χ1n) is 7.71. The van der Waals surface area contributed by atoms with Crippen LogP contribution in [0.5, 0.6) is 0 Å². The van der Waals surface area contributed by atoms with E-state index < -0.39 is 0 Å². The maximum atomic E-state index is 4.30. The highest BCUT2D eigenvalue weighted by atomic mass is 15.3. The summed E-state index contributed by atoms with van der Waals surface area (Å²) >= 11 is 0. The third-order valence-corrected chi connectivity index (χ3v) is 4.30. The Balaban J connectivity index is 1.74. The molecule has 4 heteroatoms. The molecule has 0 saturated heterocycles. The molecule has 0 aliphatic carbocycles. The van der Waals surface area contributed by atoms with Gasteiger partial charge in [-0.2, -0.15) is 0 Å². The first-order chi connectivity index (χ1) is 9.09. The van der Waals surface area contributed by atoms with Gasteiger partial charge in [-0.3, -0.25) is 0 Å². The molecule has 4 nitrogen and oxygen atoms in total. The van der Waals surface area contributed by atoms with Gasteiger partial charge in [-0.05, 0) is 30.7 Å². The van der Waals surface area contributed by atoms with Crippen LogP contribution in [0, 0.1) is 17.8 Å². The number of hydrogen-bond acceptors (Lipinski definition) is 3. The number of nitrogens with zero attached hydrogens (tertiary/aromatic N) is 3. The number of hydrogen-bond donors (Lipinski definition) is 1. The number of rotatable bonds is 7. The van der Waals surface area contributed by atoms with Crippen LogP contribution >= 0.6 is 0 Å². The van der Waals surface area contributed by atoms with Gasteiger partial charge in [-0.1, -0.05) is 27.7 Å². The molecule has 0 radical (unpaired) electrons. The summed E-state index contributed by atoms with van der Waals surface area (Å²) in [5.74, 6) is 4.57. The summed E-state index contributed by atoms with van der Waals surface area (Å²) in [6.45, 7) is 12.5. The molecule has 108 valence electrons. The lowest BCUT2D eigenvalue weighted by molar-refractivity contribution is 0.276. The molecule has 1 N–H and O–H groups in total. The molecule has 1 aliphatic heterocycles. The molecule has 1 aliphatic rings. The van der Waals surface area contributed by atoms with Gasteiger partial charge in [0, 0.05) is 25.9 Å². The largest absolute Gasteiger partial charge is 0.316 e. The summed E-state index contributed by atoms with van der Waals surface area (Å²) in [4.78, 5) is 0. The normalized spacial score (nSPS) is 14.9. The Morgan fingerprint density at radius 1 is 1.16 bits per heavy atom. The second kappa shape index (κ2) is 6.51. The monoisotopic (exact) mass is 264 g/mol. The molecule has 0 saturated carbocycles. The van der Waals surface area contributed by atoms with Gasteiger partial charge in [0.1, 0.15) is 11.6 Å². The molecule has 0 spiro atoms. The second-order valence-corrected chi connectivity index (χ2v) is 6.39. The lowest BCUT2D eigenvalue weighted by Crippen LogP contribution is -2.31. The molecular formula is C15H28N4. The molecule has 0 amide bonds. The SMILES string of the molecule is CC(C)C(CNCCc1nnc2n1CCC2)C(C)C. The fourth-order valence-electron chi connectivity index (χ4n) is 3.11. The maximum Gasteiger partial charge on any atom is 0.134 e. The number of aromatic nitrogens is 3. The van der Waals surface area contributed by atoms with E-state index in [1.54, 1.807) is 0 Å². The molecule has 0 aromatic carbocycles. The zero-order valence-corrected chi connectivity index (χ0v) is 12.8. The lowest BCUT2D eigenvalue weighted by atomic mass is 9.85. The molecule has 1 aromatic rings. The molecule has 2 heterocycles. The summed E-state index contributed by atoms with van der Waals surface area (Å²) in [5.41, 5.74) is 0. The number of aryl methyl sites for hydroxylation is 1. The summed E-state index contributed by atoms with van der Waals surface area (Å²) in [6, 6.07) is 0. The number of fused-ring (bicyclic) bond motifs is 1. The molecular weight excluding hydrogens is 236 g/mol. The Kier molecular flexibility index (Phi) is 4.97. The lowest BCUT2D eigenvalue weighted by Gasteiger charge is -2.25. The first kappa shape index (κ1) is 14.5. The van der Waals surface area contributed by atoms with Crippen molar-refractivity contribution < 1.29 is 0 Å². The Morgan fingerprint density at radius 3 is 2.58 bits per heavy atom. The molecule has 2 rings (SSSR count). The quantitative estimate of drug-likeness (QED) is 0.768. The van der Waals surface area contributed by atoms with Crippen LogP contribution in [0.4, 0.5) is 0 Å². The van der Waals surface area contributed by atoms with E-state index in [4.69, 9.17) is 0 Å². The van der Waals surface area contributed by atoms with Gasteiger partial charge in [0.25, 0.3) is 0 Å². The van der Waals surface area contributed by atoms with Crippen LogP contribution in [0.25, 0.3) is 0 Å². The van der Waals surface area contributed by atoms with Crippen molar-refractivity contribution in [2.75, 3.05) is 13.1 Å². The molecule has 0 unspecified atom stereocenters. The van der Waals surface area contributed by atoms with Crippen molar-refractivity contribution in [2.45, 2.75) is 53.5 Å². The van der Waals surface area contributed by atoms with Gasteiger partial charge < -0.3 is 9.88 Å². The van der Waals surface area contributed by atoms with Crippen molar-refractivity contribution in [1.82, 2.24) is 20.1 Å². The fourth-order valence-corrected chi connectivity index (χ4v) is 3.11. The zero-order chi connectivity index (χ0) is 13.8. The van der Waals surface area contributed by atoms with Gasteiger partial charge in [-0.25, -0.2) is 0 Å². The van der Waals surface area contributed by atoms with E-state index in [-0.39, 0.29) is 0 Å². The van der Waals surface area contributed by atoms with Crippen LogP contribution in [0.15, 0.2) is 0 Å². The molecule has 0 fully saturated rings. The van der Waals surface area contributed by atoms with Crippen LogP contribution in [-0.4, -0.2) is 27.9 Å². The summed E-state index contributed by atoms with van der Waals surface area (Å²) < 4.78 is 2.30. The summed E-state index contributed by atoms with van der Waals surface area (Å²) in [7, 11) is 0. The summed E-state index contributed by atoms with van der Waals surface area (Å²) in [6.07, 6.45) is 3.33. The predicted molar refractivity (Wildman–Crippen MR) is 78.1 cm³/mol. The second-order valence-electron chi connectivity index (χ2n) is 6.39. The molecule has 19 heavy (non-hydrogen) atoms. The standard InChI is InChI=1S/C15H28N4/c1-11(2)13(12(3)4)10-16-8-7-15-18-17-14-6-5-9-19(14)15/h11-13,16H,5-10H2,1-4H3. The molecule has 1 aromatic heterocycles. The van der Waals surface area contributed by atoms with E-state index in [1.165, 1.54) is 12.2 Å². The van der Waals surface area contributed by atoms with Gasteiger partial charge in [0.15, 0.2) is 0 Å². The molecule has 0 atom stereocenters. The highest BCUT2D eigenvalue weighted by Crippen LogP contribution is 2.19. The fraction of sp³-hybridized carbons (Fsp3) is 0.867. The van der Waals surface area contributed by atoms with E-state index in [0.717, 1.165) is 56.1 Å². The van der Waals surface area contributed by atoms with Gasteiger partial charge >= 0.3 is 0 Å². The van der Waals surface area contributed by atoms with Crippen molar-refractivity contribution in [3.63, 3.8) is 0 Å². The van der Waals surface area contributed by atoms with Gasteiger partial charge in [0.2, 0.25) is 0 Å². The van der Waals surface area contributed by atoms with E-state index >= 15 is 0 Å². The minimum atomic E-state index is 0.741. The van der Waals surface area contributed by atoms with Crippen molar-refractivity contribution in [2.24, 2.45) is 17.8 Å². The van der Waals surface area contributed by atoms with E-state index in [1.807, 2.05) is 0 Å². The van der Waals surface area contributed by atoms with Crippen molar-refractivity contribution in [3.8, 4) is 0 Å². The van der Waals surface area contributed by atoms with Crippen molar-refractivity contribution in [1.29, 1.82) is 0 Å². The van der Waals surface area contributed by atoms with E-state index in [2.05, 4.69) is 47.8 Å². The Hall–Kier alpha value is -0.900. The van der Waals surface area contributed by atoms with Crippen molar-refractivity contribution in [3.05, 3.63) is 11.6 Å². The average Bonchev–Trinajstić information content (AvgIpc) is 2.91. The van der Waals surface area contributed by atoms with Crippen LogP contribution in [0.2, 0.25) is 0 Å². The number of nitrogens with one attached hydrogen (secondary N) is 1. The van der Waals surface area contributed by atoms with E-state index in [0.29, 0.717) is 0 Å². The highest BCUT2D eigenvalue weighted by Gasteiger charge is 2.18. The van der Waals surface area contributed by atoms with Crippen LogP contribution in [0.1, 0.15) is 45.8 Å². The van der Waals surface area contributed by atoms with E-state index in [9.17, 15) is 0 Å². The van der Waals surface area contributed by atoms with Gasteiger partial charge in [-0.15, -0.1) is 10.2 Å². The predicted octanol–water partition coefficient (Wildman–Crippen LogP) is 2.28. The van der Waals surface area contributed by atoms with Crippen molar-refractivity contribution >= 4 is 0 Å². The first-order valence-corrected chi connectivity index (χ1v) is 7.71. The molecule has 0 bridgehead atoms.